The lowest BCUT2D eigenvalue weighted by Crippen LogP contribution is -2.43. The molecule has 1 atom stereocenters. The van der Waals surface area contributed by atoms with E-state index in [2.05, 4.69) is 0 Å². The minimum absolute atomic E-state index is 0.00458. The van der Waals surface area contributed by atoms with Gasteiger partial charge in [0, 0.05) is 18.1 Å². The normalized spacial score (nSPS) is 15.5. The first kappa shape index (κ1) is 27.2. The Morgan fingerprint density at radius 1 is 1.13 bits per heavy atom. The lowest BCUT2D eigenvalue weighted by molar-refractivity contribution is -0.138. The summed E-state index contributed by atoms with van der Waals surface area (Å²) in [4.78, 5) is 10.4. The van der Waals surface area contributed by atoms with Crippen LogP contribution in [0.5, 0.6) is 11.5 Å². The average Bonchev–Trinajstić information content (AvgIpc) is 2.87. The van der Waals surface area contributed by atoms with Crippen molar-refractivity contribution in [3.63, 3.8) is 0 Å². The van der Waals surface area contributed by atoms with Gasteiger partial charge in [0.2, 0.25) is 0 Å². The van der Waals surface area contributed by atoms with Gasteiger partial charge in [-0.15, -0.1) is 0 Å². The van der Waals surface area contributed by atoms with Crippen molar-refractivity contribution in [1.29, 1.82) is 0 Å². The summed E-state index contributed by atoms with van der Waals surface area (Å²) >= 11 is 0. The number of hydrogen-bond donors (Lipinski definition) is 1. The average molecular weight is 557 g/mol. The molecule has 0 saturated carbocycles. The van der Waals surface area contributed by atoms with Crippen LogP contribution >= 0.6 is 0 Å². The summed E-state index contributed by atoms with van der Waals surface area (Å²) in [6, 6.07) is 9.01. The highest BCUT2D eigenvalue weighted by molar-refractivity contribution is 7.92. The number of carbonyl (C=O) groups is 1. The molecule has 0 bridgehead atoms. The predicted octanol–water partition coefficient (Wildman–Crippen LogP) is 5.48. The Bertz CT molecular complexity index is 1490. The fourth-order valence-electron chi connectivity index (χ4n) is 3.99. The van der Waals surface area contributed by atoms with Crippen LogP contribution in [0, 0.1) is 11.6 Å². The molecule has 7 nitrogen and oxygen atoms in total. The highest BCUT2D eigenvalue weighted by atomic mass is 32.2. The number of carboxylic acids is 1. The number of halogens is 5. The number of hydrogen-bond acceptors (Lipinski definition) is 5. The van der Waals surface area contributed by atoms with Crippen molar-refractivity contribution in [2.75, 3.05) is 18.0 Å². The maximum Gasteiger partial charge on any atom is 0.416 e. The summed E-state index contributed by atoms with van der Waals surface area (Å²) in [5.41, 5.74) is -1.55. The maximum atomic E-state index is 14.7. The standard InChI is InChI=1S/C25H20F5NO6S/c1-36-17-11-19(24(27)20(26)12-17)14-5-7-22-21(9-14)31(13-16(37-22)6-8-23(32)33)38(34,35)18-4-2-3-15(10-18)25(28,29)30/h2-5,7,9-12,16H,6,8,13H2,1H3,(H,32,33). The van der Waals surface area contributed by atoms with E-state index in [0.29, 0.717) is 6.07 Å². The molecule has 4 rings (SSSR count). The van der Waals surface area contributed by atoms with E-state index >= 15 is 0 Å². The van der Waals surface area contributed by atoms with Gasteiger partial charge in [0.15, 0.2) is 11.6 Å². The highest BCUT2D eigenvalue weighted by Crippen LogP contribution is 2.42. The zero-order valence-corrected chi connectivity index (χ0v) is 20.4. The Hall–Kier alpha value is -3.87. The number of ether oxygens (including phenoxy) is 2. The van der Waals surface area contributed by atoms with Crippen molar-refractivity contribution in [2.24, 2.45) is 0 Å². The van der Waals surface area contributed by atoms with Gasteiger partial charge in [-0.25, -0.2) is 17.2 Å². The number of fused-ring (bicyclic) bond motifs is 1. The molecule has 0 fully saturated rings. The summed E-state index contributed by atoms with van der Waals surface area (Å²) in [5, 5.41) is 9.03. The van der Waals surface area contributed by atoms with Crippen LogP contribution < -0.4 is 13.8 Å². The molecular weight excluding hydrogens is 537 g/mol. The fourth-order valence-corrected chi connectivity index (χ4v) is 5.54. The molecule has 3 aromatic carbocycles. The van der Waals surface area contributed by atoms with E-state index < -0.39 is 56.9 Å². The second kappa shape index (κ2) is 10.1. The molecule has 0 aromatic heterocycles. The summed E-state index contributed by atoms with van der Waals surface area (Å²) in [6.45, 7) is -0.433. The Labute approximate surface area is 214 Å². The van der Waals surface area contributed by atoms with Gasteiger partial charge >= 0.3 is 12.1 Å². The molecule has 0 saturated heterocycles. The van der Waals surface area contributed by atoms with E-state index in [-0.39, 0.29) is 41.2 Å². The van der Waals surface area contributed by atoms with Gasteiger partial charge in [-0.2, -0.15) is 13.2 Å². The highest BCUT2D eigenvalue weighted by Gasteiger charge is 2.37. The van der Waals surface area contributed by atoms with Crippen molar-refractivity contribution < 1.29 is 49.7 Å². The minimum Gasteiger partial charge on any atom is -0.497 e. The number of sulfonamides is 1. The van der Waals surface area contributed by atoms with E-state index in [0.717, 1.165) is 28.6 Å². The Balaban J connectivity index is 1.85. The van der Waals surface area contributed by atoms with E-state index in [1.165, 1.54) is 31.4 Å². The maximum absolute atomic E-state index is 14.7. The molecule has 0 aliphatic carbocycles. The second-order valence-electron chi connectivity index (χ2n) is 8.39. The Kier molecular flexibility index (Phi) is 7.24. The Morgan fingerprint density at radius 3 is 2.53 bits per heavy atom. The number of alkyl halides is 3. The molecule has 38 heavy (non-hydrogen) atoms. The zero-order chi connectivity index (χ0) is 27.8. The van der Waals surface area contributed by atoms with Crippen molar-refractivity contribution >= 4 is 21.7 Å². The first-order valence-electron chi connectivity index (χ1n) is 11.1. The number of anilines is 1. The predicted molar refractivity (Wildman–Crippen MR) is 126 cm³/mol. The van der Waals surface area contributed by atoms with Crippen molar-refractivity contribution in [1.82, 2.24) is 0 Å². The molecule has 202 valence electrons. The van der Waals surface area contributed by atoms with Crippen LogP contribution in [0.4, 0.5) is 27.6 Å². The zero-order valence-electron chi connectivity index (χ0n) is 19.6. The van der Waals surface area contributed by atoms with Gasteiger partial charge in [0.25, 0.3) is 10.0 Å². The lowest BCUT2D eigenvalue weighted by Gasteiger charge is -2.36. The summed E-state index contributed by atoms with van der Waals surface area (Å²) in [6.07, 6.45) is -6.21. The van der Waals surface area contributed by atoms with Crippen LogP contribution in [0.1, 0.15) is 18.4 Å². The number of aliphatic carboxylic acids is 1. The number of methoxy groups -OCH3 is 1. The number of benzene rings is 3. The summed E-state index contributed by atoms with van der Waals surface area (Å²) < 4.78 is 107. The SMILES string of the molecule is COc1cc(F)c(F)c(-c2ccc3c(c2)N(S(=O)(=O)c2cccc(C(F)(F)F)c2)CC(CCC(=O)O)O3)c1. The van der Waals surface area contributed by atoms with E-state index in [1.54, 1.807) is 0 Å². The fraction of sp³-hybridized carbons (Fsp3) is 0.240. The topological polar surface area (TPSA) is 93.1 Å². The first-order valence-corrected chi connectivity index (χ1v) is 12.5. The molecule has 0 amide bonds. The first-order chi connectivity index (χ1) is 17.8. The van der Waals surface area contributed by atoms with Gasteiger partial charge in [-0.1, -0.05) is 12.1 Å². The van der Waals surface area contributed by atoms with Crippen molar-refractivity contribution in [2.45, 2.75) is 30.0 Å². The van der Waals surface area contributed by atoms with Crippen molar-refractivity contribution in [3.05, 3.63) is 71.8 Å². The van der Waals surface area contributed by atoms with Gasteiger partial charge < -0.3 is 14.6 Å². The molecule has 1 N–H and O–H groups in total. The Morgan fingerprint density at radius 2 is 1.87 bits per heavy atom. The van der Waals surface area contributed by atoms with Gasteiger partial charge in [0.1, 0.15) is 17.6 Å². The number of rotatable bonds is 7. The molecule has 13 heteroatoms. The second-order valence-corrected chi connectivity index (χ2v) is 10.2. The smallest absolute Gasteiger partial charge is 0.416 e. The van der Waals surface area contributed by atoms with Crippen LogP contribution in [0.3, 0.4) is 0 Å². The monoisotopic (exact) mass is 557 g/mol. The molecule has 0 radical (unpaired) electrons. The third kappa shape index (κ3) is 5.37. The molecule has 3 aromatic rings. The van der Waals surface area contributed by atoms with Gasteiger partial charge in [-0.3, -0.25) is 9.10 Å². The molecule has 1 heterocycles. The van der Waals surface area contributed by atoms with E-state index in [1.807, 2.05) is 0 Å². The van der Waals surface area contributed by atoms with E-state index in [4.69, 9.17) is 14.6 Å². The molecule has 1 aliphatic rings. The van der Waals surface area contributed by atoms with Crippen LogP contribution in [0.15, 0.2) is 59.5 Å². The van der Waals surface area contributed by atoms with Crippen LogP contribution in [-0.2, 0) is 21.0 Å². The van der Waals surface area contributed by atoms with Crippen LogP contribution in [-0.4, -0.2) is 39.3 Å². The third-order valence-corrected chi connectivity index (χ3v) is 7.64. The third-order valence-electron chi connectivity index (χ3n) is 5.87. The van der Waals surface area contributed by atoms with Gasteiger partial charge in [-0.05, 0) is 48.4 Å². The number of nitrogens with zero attached hydrogens (tertiary/aromatic N) is 1. The largest absolute Gasteiger partial charge is 0.497 e. The van der Waals surface area contributed by atoms with Crippen LogP contribution in [0.25, 0.3) is 11.1 Å². The minimum atomic E-state index is -4.81. The van der Waals surface area contributed by atoms with Crippen molar-refractivity contribution in [3.8, 4) is 22.6 Å². The van der Waals surface area contributed by atoms with Gasteiger partial charge in [0.05, 0.1) is 29.8 Å². The quantitative estimate of drug-likeness (QED) is 0.387. The lowest BCUT2D eigenvalue weighted by atomic mass is 10.0. The molecule has 0 spiro atoms. The molecule has 1 aliphatic heterocycles. The summed E-state index contributed by atoms with van der Waals surface area (Å²) in [7, 11) is -3.40. The molecule has 1 unspecified atom stereocenters. The molecular formula is C25H20F5NO6S. The van der Waals surface area contributed by atoms with E-state index in [9.17, 15) is 35.2 Å². The summed E-state index contributed by atoms with van der Waals surface area (Å²) in [5.74, 6) is -3.63. The van der Waals surface area contributed by atoms with Crippen LogP contribution in [0.2, 0.25) is 0 Å². The number of carboxylic acid groups (broad SMARTS) is 1.